The van der Waals surface area contributed by atoms with E-state index in [1.807, 2.05) is 36.6 Å². The Morgan fingerprint density at radius 2 is 1.94 bits per heavy atom. The van der Waals surface area contributed by atoms with E-state index in [1.165, 1.54) is 10.9 Å². The highest BCUT2D eigenvalue weighted by atomic mass is 32.2. The van der Waals surface area contributed by atoms with Crippen molar-refractivity contribution < 1.29 is 13.2 Å². The quantitative estimate of drug-likeness (QED) is 0.415. The van der Waals surface area contributed by atoms with Crippen LogP contribution in [-0.4, -0.2) is 47.0 Å². The van der Waals surface area contributed by atoms with E-state index in [1.54, 1.807) is 37.1 Å². The maximum Gasteiger partial charge on any atom is 0.324 e. The Bertz CT molecular complexity index is 1130. The second-order valence-corrected chi connectivity index (χ2v) is 9.95. The SMILES string of the molecule is CCS(=O)(=O)CCn1cc(NC(=O)Nc2ccc(Nc3cccc(SC)c3)cn2)cn1. The molecule has 0 aliphatic heterocycles. The van der Waals surface area contributed by atoms with Crippen LogP contribution in [0.5, 0.6) is 0 Å². The number of hydrogen-bond donors (Lipinski definition) is 3. The minimum absolute atomic E-state index is 0.00267. The zero-order valence-electron chi connectivity index (χ0n) is 17.2. The Morgan fingerprint density at radius 1 is 1.10 bits per heavy atom. The van der Waals surface area contributed by atoms with E-state index in [-0.39, 0.29) is 18.1 Å². The molecule has 0 bridgehead atoms. The molecular weight excluding hydrogens is 436 g/mol. The minimum Gasteiger partial charge on any atom is -0.354 e. The van der Waals surface area contributed by atoms with Crippen LogP contribution >= 0.6 is 11.8 Å². The number of sulfone groups is 1. The third kappa shape index (κ3) is 7.00. The number of carbonyl (C=O) groups excluding carboxylic acids is 1. The molecule has 2 heterocycles. The molecule has 2 aromatic heterocycles. The lowest BCUT2D eigenvalue weighted by Crippen LogP contribution is -2.19. The van der Waals surface area contributed by atoms with Crippen molar-refractivity contribution in [3.63, 3.8) is 0 Å². The van der Waals surface area contributed by atoms with Gasteiger partial charge in [0.15, 0.2) is 9.84 Å². The first-order valence-electron chi connectivity index (χ1n) is 9.55. The molecule has 0 aliphatic rings. The largest absolute Gasteiger partial charge is 0.354 e. The van der Waals surface area contributed by atoms with Crippen molar-refractivity contribution in [3.05, 3.63) is 55.0 Å². The number of amides is 2. The van der Waals surface area contributed by atoms with Crippen molar-refractivity contribution in [2.24, 2.45) is 0 Å². The molecule has 2 amide bonds. The van der Waals surface area contributed by atoms with Crippen LogP contribution in [0.3, 0.4) is 0 Å². The summed E-state index contributed by atoms with van der Waals surface area (Å²) in [4.78, 5) is 17.6. The maximum absolute atomic E-state index is 12.2. The molecule has 3 aromatic rings. The van der Waals surface area contributed by atoms with E-state index < -0.39 is 15.9 Å². The fourth-order valence-electron chi connectivity index (χ4n) is 2.62. The Labute approximate surface area is 185 Å². The molecule has 0 radical (unpaired) electrons. The second-order valence-electron chi connectivity index (χ2n) is 6.60. The Hall–Kier alpha value is -3.05. The maximum atomic E-state index is 12.2. The van der Waals surface area contributed by atoms with Crippen molar-refractivity contribution in [2.45, 2.75) is 18.4 Å². The van der Waals surface area contributed by atoms with E-state index in [4.69, 9.17) is 0 Å². The van der Waals surface area contributed by atoms with Crippen molar-refractivity contribution in [1.82, 2.24) is 14.8 Å². The van der Waals surface area contributed by atoms with Crippen LogP contribution < -0.4 is 16.0 Å². The van der Waals surface area contributed by atoms with E-state index in [0.717, 1.165) is 16.3 Å². The van der Waals surface area contributed by atoms with Gasteiger partial charge in [0.05, 0.1) is 36.1 Å². The zero-order chi connectivity index (χ0) is 22.3. The van der Waals surface area contributed by atoms with Crippen LogP contribution in [-0.2, 0) is 16.4 Å². The van der Waals surface area contributed by atoms with E-state index in [0.29, 0.717) is 11.5 Å². The van der Waals surface area contributed by atoms with Gasteiger partial charge >= 0.3 is 6.03 Å². The molecule has 164 valence electrons. The van der Waals surface area contributed by atoms with Gasteiger partial charge in [0.2, 0.25) is 0 Å². The van der Waals surface area contributed by atoms with Gasteiger partial charge in [-0.25, -0.2) is 18.2 Å². The summed E-state index contributed by atoms with van der Waals surface area (Å²) in [5, 5.41) is 12.6. The van der Waals surface area contributed by atoms with Crippen LogP contribution in [0.25, 0.3) is 0 Å². The van der Waals surface area contributed by atoms with Crippen molar-refractivity contribution in [2.75, 3.05) is 33.7 Å². The van der Waals surface area contributed by atoms with Crippen molar-refractivity contribution >= 4 is 50.5 Å². The molecule has 11 heteroatoms. The van der Waals surface area contributed by atoms with E-state index >= 15 is 0 Å². The first-order chi connectivity index (χ1) is 14.9. The topological polar surface area (TPSA) is 118 Å². The van der Waals surface area contributed by atoms with Crippen LogP contribution in [0.2, 0.25) is 0 Å². The number of benzene rings is 1. The fourth-order valence-corrected chi connectivity index (χ4v) is 3.83. The summed E-state index contributed by atoms with van der Waals surface area (Å²) in [6.07, 6.45) is 6.69. The van der Waals surface area contributed by atoms with Crippen molar-refractivity contribution in [1.29, 1.82) is 0 Å². The molecule has 0 saturated carbocycles. The molecule has 0 fully saturated rings. The minimum atomic E-state index is -3.07. The summed E-state index contributed by atoms with van der Waals surface area (Å²) < 4.78 is 24.6. The number of carbonyl (C=O) groups is 1. The smallest absolute Gasteiger partial charge is 0.324 e. The fraction of sp³-hybridized carbons (Fsp3) is 0.250. The van der Waals surface area contributed by atoms with Gasteiger partial charge in [-0.1, -0.05) is 13.0 Å². The van der Waals surface area contributed by atoms with Gasteiger partial charge in [-0.05, 0) is 36.6 Å². The Balaban J connectivity index is 1.51. The number of nitrogens with zero attached hydrogens (tertiary/aromatic N) is 3. The van der Waals surface area contributed by atoms with Gasteiger partial charge in [0.25, 0.3) is 0 Å². The molecule has 1 aromatic carbocycles. The summed E-state index contributed by atoms with van der Waals surface area (Å²) in [6, 6.07) is 11.1. The van der Waals surface area contributed by atoms with E-state index in [9.17, 15) is 13.2 Å². The number of rotatable bonds is 9. The number of nitrogens with one attached hydrogen (secondary N) is 3. The predicted molar refractivity (Wildman–Crippen MR) is 125 cm³/mol. The highest BCUT2D eigenvalue weighted by Crippen LogP contribution is 2.22. The molecule has 0 unspecified atom stereocenters. The summed E-state index contributed by atoms with van der Waals surface area (Å²) in [5.41, 5.74) is 2.21. The lowest BCUT2D eigenvalue weighted by Gasteiger charge is -2.09. The number of anilines is 4. The van der Waals surface area contributed by atoms with Gasteiger partial charge < -0.3 is 10.6 Å². The monoisotopic (exact) mass is 460 g/mol. The van der Waals surface area contributed by atoms with Crippen LogP contribution in [0, 0.1) is 0 Å². The van der Waals surface area contributed by atoms with Crippen molar-refractivity contribution in [3.8, 4) is 0 Å². The average molecular weight is 461 g/mol. The lowest BCUT2D eigenvalue weighted by atomic mass is 10.3. The standard InChI is InChI=1S/C20H24N6O3S2/c1-3-31(28,29)10-9-26-14-17(13-22-26)24-20(27)25-19-8-7-16(12-21-19)23-15-5-4-6-18(11-15)30-2/h4-8,11-14,23H,3,9-10H2,1-2H3,(H2,21,24,25,27). The molecule has 0 spiro atoms. The first kappa shape index (κ1) is 22.6. The highest BCUT2D eigenvalue weighted by Gasteiger charge is 2.10. The number of pyridine rings is 1. The third-order valence-electron chi connectivity index (χ3n) is 4.33. The molecule has 0 saturated heterocycles. The van der Waals surface area contributed by atoms with Gasteiger partial charge in [0, 0.05) is 22.5 Å². The van der Waals surface area contributed by atoms with Gasteiger partial charge in [0.1, 0.15) is 5.82 Å². The average Bonchev–Trinajstić information content (AvgIpc) is 3.21. The molecule has 9 nitrogen and oxygen atoms in total. The summed E-state index contributed by atoms with van der Waals surface area (Å²) >= 11 is 1.67. The molecule has 3 rings (SSSR count). The number of urea groups is 1. The predicted octanol–water partition coefficient (Wildman–Crippen LogP) is 3.82. The van der Waals surface area contributed by atoms with Gasteiger partial charge in [-0.15, -0.1) is 11.8 Å². The summed E-state index contributed by atoms with van der Waals surface area (Å²) in [6.45, 7) is 1.84. The molecule has 31 heavy (non-hydrogen) atoms. The highest BCUT2D eigenvalue weighted by molar-refractivity contribution is 7.98. The number of aryl methyl sites for hydroxylation is 1. The first-order valence-corrected chi connectivity index (χ1v) is 12.6. The molecular formula is C20H24N6O3S2. The van der Waals surface area contributed by atoms with Crippen LogP contribution in [0.4, 0.5) is 27.7 Å². The number of thioether (sulfide) groups is 1. The normalized spacial score (nSPS) is 11.2. The lowest BCUT2D eigenvalue weighted by molar-refractivity contribution is 0.262. The summed E-state index contributed by atoms with van der Waals surface area (Å²) in [5.74, 6) is 0.484. The second kappa shape index (κ2) is 10.3. The van der Waals surface area contributed by atoms with Gasteiger partial charge in [-0.2, -0.15) is 5.10 Å². The van der Waals surface area contributed by atoms with Crippen LogP contribution in [0.1, 0.15) is 6.92 Å². The Kier molecular flexibility index (Phi) is 7.53. The molecule has 3 N–H and O–H groups in total. The number of hydrogen-bond acceptors (Lipinski definition) is 7. The number of aromatic nitrogens is 3. The molecule has 0 aliphatic carbocycles. The van der Waals surface area contributed by atoms with Crippen LogP contribution in [0.15, 0.2) is 59.9 Å². The Morgan fingerprint density at radius 3 is 2.65 bits per heavy atom. The van der Waals surface area contributed by atoms with E-state index in [2.05, 4.69) is 26.0 Å². The zero-order valence-corrected chi connectivity index (χ0v) is 18.8. The molecule has 0 atom stereocenters. The third-order valence-corrected chi connectivity index (χ3v) is 6.74. The summed E-state index contributed by atoms with van der Waals surface area (Å²) in [7, 11) is -3.07. The van der Waals surface area contributed by atoms with Gasteiger partial charge in [-0.3, -0.25) is 10.00 Å².